The summed E-state index contributed by atoms with van der Waals surface area (Å²) in [5, 5.41) is 11.8. The van der Waals surface area contributed by atoms with Crippen molar-refractivity contribution in [2.75, 3.05) is 5.32 Å². The van der Waals surface area contributed by atoms with Gasteiger partial charge in [0.15, 0.2) is 0 Å². The normalized spacial score (nSPS) is 14.8. The van der Waals surface area contributed by atoms with Gasteiger partial charge < -0.3 is 5.32 Å². The first-order valence-corrected chi connectivity index (χ1v) is 8.38. The predicted molar refractivity (Wildman–Crippen MR) is 94.2 cm³/mol. The molecule has 0 bridgehead atoms. The quantitative estimate of drug-likeness (QED) is 0.875. The first-order chi connectivity index (χ1) is 12.1. The van der Waals surface area contributed by atoms with Gasteiger partial charge >= 0.3 is 0 Å². The molecule has 0 saturated heterocycles. The van der Waals surface area contributed by atoms with Gasteiger partial charge in [-0.05, 0) is 55.7 Å². The predicted octanol–water partition coefficient (Wildman–Crippen LogP) is 3.69. The first kappa shape index (κ1) is 17.1. The summed E-state index contributed by atoms with van der Waals surface area (Å²) in [6, 6.07) is 15.4. The molecule has 0 heterocycles. The average molecular weight is 337 g/mol. The van der Waals surface area contributed by atoms with E-state index in [1.165, 1.54) is 12.1 Å². The Bertz CT molecular complexity index is 793. The number of carbonyl (C=O) groups is 1. The second-order valence-electron chi connectivity index (χ2n) is 6.39. The number of hydrogen-bond donors (Lipinski definition) is 1. The molecule has 1 aliphatic rings. The van der Waals surface area contributed by atoms with Crippen LogP contribution < -0.4 is 5.32 Å². The molecule has 1 saturated carbocycles. The van der Waals surface area contributed by atoms with Gasteiger partial charge in [0.05, 0.1) is 17.7 Å². The topological polar surface area (TPSA) is 56.1 Å². The van der Waals surface area contributed by atoms with E-state index in [4.69, 9.17) is 5.26 Å². The molecule has 1 aliphatic carbocycles. The number of hydrogen-bond acceptors (Lipinski definition) is 3. The van der Waals surface area contributed by atoms with Crippen LogP contribution in [-0.2, 0) is 11.3 Å². The standard InChI is InChI=1S/C20H20FN3O/c1-14(20(25)23-18-4-2-3-16(11-18)12-22)24(19-9-10-19)13-15-5-7-17(21)8-6-15/h2-8,11,14,19H,9-10,13H2,1H3,(H,23,25)/t14-/m0/s1. The third-order valence-corrected chi connectivity index (χ3v) is 4.43. The number of rotatable bonds is 6. The van der Waals surface area contributed by atoms with E-state index < -0.39 is 0 Å². The fourth-order valence-corrected chi connectivity index (χ4v) is 2.85. The monoisotopic (exact) mass is 337 g/mol. The number of nitrogens with zero attached hydrogens (tertiary/aromatic N) is 2. The highest BCUT2D eigenvalue weighted by atomic mass is 19.1. The second kappa shape index (κ2) is 7.45. The van der Waals surface area contributed by atoms with Gasteiger partial charge in [-0.1, -0.05) is 18.2 Å². The lowest BCUT2D eigenvalue weighted by molar-refractivity contribution is -0.121. The molecule has 2 aromatic rings. The maximum Gasteiger partial charge on any atom is 0.241 e. The summed E-state index contributed by atoms with van der Waals surface area (Å²) in [6.07, 6.45) is 2.14. The molecule has 1 amide bonds. The van der Waals surface area contributed by atoms with Gasteiger partial charge in [-0.15, -0.1) is 0 Å². The number of anilines is 1. The molecular weight excluding hydrogens is 317 g/mol. The van der Waals surface area contributed by atoms with E-state index in [1.807, 2.05) is 6.92 Å². The third-order valence-electron chi connectivity index (χ3n) is 4.43. The van der Waals surface area contributed by atoms with Crippen molar-refractivity contribution in [2.24, 2.45) is 0 Å². The van der Waals surface area contributed by atoms with Crippen LogP contribution in [0.1, 0.15) is 30.9 Å². The van der Waals surface area contributed by atoms with Crippen LogP contribution in [0.3, 0.4) is 0 Å². The minimum absolute atomic E-state index is 0.107. The Hall–Kier alpha value is -2.71. The molecule has 5 heteroatoms. The van der Waals surface area contributed by atoms with Gasteiger partial charge in [-0.25, -0.2) is 4.39 Å². The van der Waals surface area contributed by atoms with Crippen molar-refractivity contribution in [2.45, 2.75) is 38.4 Å². The van der Waals surface area contributed by atoms with E-state index in [2.05, 4.69) is 16.3 Å². The molecule has 3 rings (SSSR count). The van der Waals surface area contributed by atoms with Gasteiger partial charge in [0.25, 0.3) is 0 Å². The van der Waals surface area contributed by atoms with Gasteiger partial charge in [0.1, 0.15) is 5.82 Å². The Morgan fingerprint density at radius 3 is 2.68 bits per heavy atom. The molecule has 2 aromatic carbocycles. The fraction of sp³-hybridized carbons (Fsp3) is 0.300. The number of carbonyl (C=O) groups excluding carboxylic acids is 1. The number of amides is 1. The Balaban J connectivity index is 1.69. The first-order valence-electron chi connectivity index (χ1n) is 8.38. The Morgan fingerprint density at radius 2 is 2.04 bits per heavy atom. The summed E-state index contributed by atoms with van der Waals surface area (Å²) in [5.74, 6) is -0.367. The number of benzene rings is 2. The second-order valence-corrected chi connectivity index (χ2v) is 6.39. The largest absolute Gasteiger partial charge is 0.325 e. The zero-order valence-corrected chi connectivity index (χ0v) is 14.1. The SMILES string of the molecule is C[C@@H](C(=O)Nc1cccc(C#N)c1)N(Cc1ccc(F)cc1)C1CC1. The van der Waals surface area contributed by atoms with Gasteiger partial charge in [0, 0.05) is 18.3 Å². The molecule has 128 valence electrons. The molecule has 0 aliphatic heterocycles. The van der Waals surface area contributed by atoms with Crippen molar-refractivity contribution in [1.82, 2.24) is 4.90 Å². The molecule has 1 fully saturated rings. The summed E-state index contributed by atoms with van der Waals surface area (Å²) >= 11 is 0. The lowest BCUT2D eigenvalue weighted by Gasteiger charge is -2.28. The van der Waals surface area contributed by atoms with E-state index in [0.717, 1.165) is 18.4 Å². The number of nitriles is 1. The van der Waals surface area contributed by atoms with Crippen molar-refractivity contribution < 1.29 is 9.18 Å². The summed E-state index contributed by atoms with van der Waals surface area (Å²) in [6.45, 7) is 2.49. The van der Waals surface area contributed by atoms with Gasteiger partial charge in [-0.3, -0.25) is 9.69 Å². The van der Waals surface area contributed by atoms with E-state index in [9.17, 15) is 9.18 Å². The summed E-state index contributed by atoms with van der Waals surface area (Å²) in [5.41, 5.74) is 2.11. The average Bonchev–Trinajstić information content (AvgIpc) is 3.45. The summed E-state index contributed by atoms with van der Waals surface area (Å²) < 4.78 is 13.1. The molecule has 0 aromatic heterocycles. The molecule has 0 radical (unpaired) electrons. The van der Waals surface area contributed by atoms with E-state index >= 15 is 0 Å². The van der Waals surface area contributed by atoms with Crippen molar-refractivity contribution >= 4 is 11.6 Å². The third kappa shape index (κ3) is 4.43. The smallest absolute Gasteiger partial charge is 0.241 e. The van der Waals surface area contributed by atoms with Crippen molar-refractivity contribution in [3.8, 4) is 6.07 Å². The molecule has 4 nitrogen and oxygen atoms in total. The molecular formula is C20H20FN3O. The van der Waals surface area contributed by atoms with Crippen LogP contribution in [-0.4, -0.2) is 22.9 Å². The van der Waals surface area contributed by atoms with Crippen LogP contribution in [0.4, 0.5) is 10.1 Å². The minimum atomic E-state index is -0.316. The maximum absolute atomic E-state index is 13.1. The number of nitrogens with one attached hydrogen (secondary N) is 1. The Kier molecular flexibility index (Phi) is 5.11. The van der Waals surface area contributed by atoms with Crippen LogP contribution in [0.2, 0.25) is 0 Å². The van der Waals surface area contributed by atoms with Crippen molar-refractivity contribution in [3.63, 3.8) is 0 Å². The van der Waals surface area contributed by atoms with E-state index in [0.29, 0.717) is 23.8 Å². The highest BCUT2D eigenvalue weighted by Gasteiger charge is 2.35. The van der Waals surface area contributed by atoms with Crippen molar-refractivity contribution in [3.05, 3.63) is 65.5 Å². The molecule has 1 atom stereocenters. The lowest BCUT2D eigenvalue weighted by Crippen LogP contribution is -2.43. The number of halogens is 1. The highest BCUT2D eigenvalue weighted by Crippen LogP contribution is 2.30. The Morgan fingerprint density at radius 1 is 1.32 bits per heavy atom. The van der Waals surface area contributed by atoms with E-state index in [1.54, 1.807) is 36.4 Å². The zero-order chi connectivity index (χ0) is 17.8. The summed E-state index contributed by atoms with van der Waals surface area (Å²) in [7, 11) is 0. The summed E-state index contributed by atoms with van der Waals surface area (Å²) in [4.78, 5) is 14.8. The highest BCUT2D eigenvalue weighted by molar-refractivity contribution is 5.94. The minimum Gasteiger partial charge on any atom is -0.325 e. The van der Waals surface area contributed by atoms with Crippen LogP contribution >= 0.6 is 0 Å². The van der Waals surface area contributed by atoms with Gasteiger partial charge in [-0.2, -0.15) is 5.26 Å². The fourth-order valence-electron chi connectivity index (χ4n) is 2.85. The molecule has 0 spiro atoms. The van der Waals surface area contributed by atoms with E-state index in [-0.39, 0.29) is 17.8 Å². The maximum atomic E-state index is 13.1. The van der Waals surface area contributed by atoms with Crippen LogP contribution in [0.15, 0.2) is 48.5 Å². The molecule has 1 N–H and O–H groups in total. The molecule has 0 unspecified atom stereocenters. The van der Waals surface area contributed by atoms with Crippen LogP contribution in [0.25, 0.3) is 0 Å². The van der Waals surface area contributed by atoms with Crippen molar-refractivity contribution in [1.29, 1.82) is 5.26 Å². The van der Waals surface area contributed by atoms with Crippen LogP contribution in [0.5, 0.6) is 0 Å². The molecule has 25 heavy (non-hydrogen) atoms. The van der Waals surface area contributed by atoms with Crippen LogP contribution in [0, 0.1) is 17.1 Å². The Labute approximate surface area is 146 Å². The zero-order valence-electron chi connectivity index (χ0n) is 14.1. The lowest BCUT2D eigenvalue weighted by atomic mass is 10.1. The van der Waals surface area contributed by atoms with Gasteiger partial charge in [0.2, 0.25) is 5.91 Å².